The quantitative estimate of drug-likeness (QED) is 0.871. The molecule has 0 radical (unpaired) electrons. The summed E-state index contributed by atoms with van der Waals surface area (Å²) in [6.07, 6.45) is 1.08. The lowest BCUT2D eigenvalue weighted by molar-refractivity contribution is 0.414. The van der Waals surface area contributed by atoms with Gasteiger partial charge in [0.2, 0.25) is 0 Å². The predicted molar refractivity (Wildman–Crippen MR) is 87.7 cm³/mol. The Morgan fingerprint density at radius 2 is 2.11 bits per heavy atom. The third kappa shape index (κ3) is 5.28. The van der Waals surface area contributed by atoms with E-state index >= 15 is 0 Å². The molecule has 1 aliphatic rings. The normalized spacial score (nSPS) is 21.1. The zero-order valence-electron chi connectivity index (χ0n) is 11.7. The van der Waals surface area contributed by atoms with E-state index in [1.807, 2.05) is 12.1 Å². The van der Waals surface area contributed by atoms with E-state index in [1.165, 1.54) is 22.8 Å². The minimum absolute atomic E-state index is 0.529. The van der Waals surface area contributed by atoms with Gasteiger partial charge in [0, 0.05) is 35.1 Å². The van der Waals surface area contributed by atoms with E-state index in [9.17, 15) is 0 Å². The first-order valence-corrected chi connectivity index (χ1v) is 9.04. The number of thioether (sulfide) groups is 2. The van der Waals surface area contributed by atoms with Gasteiger partial charge in [-0.15, -0.1) is 0 Å². The van der Waals surface area contributed by atoms with Crippen LogP contribution in [0.1, 0.15) is 12.5 Å². The molecule has 1 saturated heterocycles. The minimum atomic E-state index is 0.529. The topological polar surface area (TPSA) is 21.3 Å². The van der Waals surface area contributed by atoms with Gasteiger partial charge in [-0.05, 0) is 31.0 Å². The highest BCUT2D eigenvalue weighted by Gasteiger charge is 2.14. The first-order chi connectivity index (χ1) is 9.28. The van der Waals surface area contributed by atoms with Crippen molar-refractivity contribution in [2.75, 3.05) is 30.9 Å². The van der Waals surface area contributed by atoms with E-state index in [0.717, 1.165) is 24.0 Å². The van der Waals surface area contributed by atoms with E-state index in [0.29, 0.717) is 6.04 Å². The van der Waals surface area contributed by atoms with Crippen LogP contribution in [0.15, 0.2) is 24.3 Å². The van der Waals surface area contributed by atoms with E-state index in [-0.39, 0.29) is 0 Å². The number of nitrogens with one attached hydrogen (secondary N) is 1. The first kappa shape index (κ1) is 15.1. The number of ether oxygens (including phenoxy) is 1. The van der Waals surface area contributed by atoms with Crippen molar-refractivity contribution < 1.29 is 4.74 Å². The Labute approximate surface area is 125 Å². The van der Waals surface area contributed by atoms with Crippen molar-refractivity contribution in [3.63, 3.8) is 0 Å². The number of methoxy groups -OCH3 is 1. The number of hydrogen-bond donors (Lipinski definition) is 1. The summed E-state index contributed by atoms with van der Waals surface area (Å²) < 4.78 is 5.18. The molecule has 0 amide bonds. The van der Waals surface area contributed by atoms with Crippen LogP contribution in [0.5, 0.6) is 5.75 Å². The molecule has 1 aromatic rings. The van der Waals surface area contributed by atoms with Gasteiger partial charge in [-0.25, -0.2) is 0 Å². The molecule has 2 nitrogen and oxygen atoms in total. The zero-order valence-corrected chi connectivity index (χ0v) is 13.4. The van der Waals surface area contributed by atoms with Gasteiger partial charge in [0.1, 0.15) is 5.75 Å². The lowest BCUT2D eigenvalue weighted by atomic mass is 10.1. The zero-order chi connectivity index (χ0) is 13.5. The van der Waals surface area contributed by atoms with Crippen LogP contribution in [0.3, 0.4) is 0 Å². The fourth-order valence-corrected chi connectivity index (χ4v) is 4.80. The molecule has 0 aromatic heterocycles. The van der Waals surface area contributed by atoms with Crippen LogP contribution in [0.2, 0.25) is 0 Å². The Morgan fingerprint density at radius 3 is 2.74 bits per heavy atom. The van der Waals surface area contributed by atoms with Gasteiger partial charge >= 0.3 is 0 Å². The molecule has 0 aliphatic carbocycles. The Balaban J connectivity index is 1.71. The molecule has 19 heavy (non-hydrogen) atoms. The molecule has 1 fully saturated rings. The molecule has 1 heterocycles. The number of benzene rings is 1. The largest absolute Gasteiger partial charge is 0.497 e. The van der Waals surface area contributed by atoms with Gasteiger partial charge in [0.25, 0.3) is 0 Å². The number of rotatable bonds is 6. The summed E-state index contributed by atoms with van der Waals surface area (Å²) >= 11 is 4.20. The Morgan fingerprint density at radius 1 is 1.32 bits per heavy atom. The second-order valence-corrected chi connectivity index (χ2v) is 7.49. The second kappa shape index (κ2) is 8.08. The van der Waals surface area contributed by atoms with Crippen molar-refractivity contribution in [2.45, 2.75) is 24.6 Å². The van der Waals surface area contributed by atoms with Crippen molar-refractivity contribution in [2.24, 2.45) is 0 Å². The molecule has 2 atom stereocenters. The lowest BCUT2D eigenvalue weighted by Crippen LogP contribution is -2.36. The van der Waals surface area contributed by atoms with Crippen LogP contribution in [0.25, 0.3) is 0 Å². The van der Waals surface area contributed by atoms with E-state index < -0.39 is 0 Å². The van der Waals surface area contributed by atoms with Gasteiger partial charge in [0.05, 0.1) is 7.11 Å². The highest BCUT2D eigenvalue weighted by molar-refractivity contribution is 8.06. The molecule has 2 unspecified atom stereocenters. The van der Waals surface area contributed by atoms with Crippen LogP contribution in [-0.2, 0) is 6.42 Å². The summed E-state index contributed by atoms with van der Waals surface area (Å²) in [6.45, 7) is 3.40. The molecule has 1 aliphatic heterocycles. The smallest absolute Gasteiger partial charge is 0.118 e. The first-order valence-electron chi connectivity index (χ1n) is 6.83. The van der Waals surface area contributed by atoms with Crippen LogP contribution in [0.4, 0.5) is 0 Å². The average molecular weight is 297 g/mol. The van der Waals surface area contributed by atoms with Gasteiger partial charge < -0.3 is 10.1 Å². The van der Waals surface area contributed by atoms with E-state index in [2.05, 4.69) is 47.9 Å². The molecular formula is C15H23NOS2. The fraction of sp³-hybridized carbons (Fsp3) is 0.600. The predicted octanol–water partition coefficient (Wildman–Crippen LogP) is 3.06. The molecule has 1 N–H and O–H groups in total. The molecule has 0 bridgehead atoms. The monoisotopic (exact) mass is 297 g/mol. The van der Waals surface area contributed by atoms with Crippen LogP contribution >= 0.6 is 23.5 Å². The van der Waals surface area contributed by atoms with Crippen LogP contribution < -0.4 is 10.1 Å². The summed E-state index contributed by atoms with van der Waals surface area (Å²) in [6, 6.07) is 8.91. The Hall–Kier alpha value is -0.320. The van der Waals surface area contributed by atoms with Gasteiger partial charge in [-0.1, -0.05) is 12.1 Å². The maximum atomic E-state index is 5.18. The summed E-state index contributed by atoms with van der Waals surface area (Å²) in [4.78, 5) is 0. The summed E-state index contributed by atoms with van der Waals surface area (Å²) in [7, 11) is 1.71. The minimum Gasteiger partial charge on any atom is -0.497 e. The van der Waals surface area contributed by atoms with Crippen molar-refractivity contribution in [3.05, 3.63) is 29.8 Å². The van der Waals surface area contributed by atoms with Crippen molar-refractivity contribution in [1.82, 2.24) is 5.32 Å². The number of hydrogen-bond acceptors (Lipinski definition) is 4. The maximum absolute atomic E-state index is 5.18. The van der Waals surface area contributed by atoms with E-state index in [1.54, 1.807) is 7.11 Å². The highest BCUT2D eigenvalue weighted by atomic mass is 32.2. The Kier molecular flexibility index (Phi) is 6.41. The average Bonchev–Trinajstić information content (AvgIpc) is 2.47. The summed E-state index contributed by atoms with van der Waals surface area (Å²) in [5.41, 5.74) is 1.37. The third-order valence-corrected chi connectivity index (χ3v) is 6.12. The maximum Gasteiger partial charge on any atom is 0.118 e. The fourth-order valence-electron chi connectivity index (χ4n) is 2.17. The van der Waals surface area contributed by atoms with Gasteiger partial charge in [-0.2, -0.15) is 23.5 Å². The molecule has 4 heteroatoms. The molecular weight excluding hydrogens is 274 g/mol. The second-order valence-electron chi connectivity index (χ2n) is 4.93. The van der Waals surface area contributed by atoms with E-state index in [4.69, 9.17) is 4.74 Å². The molecule has 0 saturated carbocycles. The van der Waals surface area contributed by atoms with Crippen molar-refractivity contribution >= 4 is 23.5 Å². The molecule has 2 rings (SSSR count). The highest BCUT2D eigenvalue weighted by Crippen LogP contribution is 2.23. The molecule has 1 aromatic carbocycles. The molecule has 0 spiro atoms. The van der Waals surface area contributed by atoms with Gasteiger partial charge in [-0.3, -0.25) is 0 Å². The van der Waals surface area contributed by atoms with Gasteiger partial charge in [0.15, 0.2) is 0 Å². The van der Waals surface area contributed by atoms with Crippen LogP contribution in [0, 0.1) is 0 Å². The summed E-state index contributed by atoms with van der Waals surface area (Å²) in [5.74, 6) is 4.86. The van der Waals surface area contributed by atoms with Crippen LogP contribution in [-0.4, -0.2) is 42.2 Å². The third-order valence-electron chi connectivity index (χ3n) is 3.28. The summed E-state index contributed by atoms with van der Waals surface area (Å²) in [5, 5.41) is 4.45. The lowest BCUT2D eigenvalue weighted by Gasteiger charge is -2.23. The Bertz CT molecular complexity index is 363. The van der Waals surface area contributed by atoms with Crippen molar-refractivity contribution in [1.29, 1.82) is 0 Å². The molecule has 106 valence electrons. The standard InChI is InChI=1S/C15H23NOS2/c1-12(16-10-15-11-18-7-8-19-15)9-13-3-5-14(17-2)6-4-13/h3-6,12,15-16H,7-11H2,1-2H3. The SMILES string of the molecule is COc1ccc(CC(C)NCC2CSCCS2)cc1. The van der Waals surface area contributed by atoms with Crippen molar-refractivity contribution in [3.8, 4) is 5.75 Å².